The Balaban J connectivity index is 1.85. The Morgan fingerprint density at radius 1 is 1.26 bits per heavy atom. The molecule has 0 radical (unpaired) electrons. The molecule has 0 fully saturated rings. The van der Waals surface area contributed by atoms with Gasteiger partial charge in [-0.1, -0.05) is 19.9 Å². The van der Waals surface area contributed by atoms with E-state index < -0.39 is 17.6 Å². The van der Waals surface area contributed by atoms with Gasteiger partial charge in [0.25, 0.3) is 5.91 Å². The molecule has 0 saturated carbocycles. The minimum absolute atomic E-state index is 0.0263. The number of likely N-dealkylation sites (N-methyl/N-ethyl adjacent to an activating group) is 1. The summed E-state index contributed by atoms with van der Waals surface area (Å²) >= 11 is 0. The van der Waals surface area contributed by atoms with Crippen LogP contribution in [0.5, 0.6) is 0 Å². The molecule has 144 valence electrons. The first-order valence-electron chi connectivity index (χ1n) is 8.84. The fourth-order valence-corrected chi connectivity index (χ4v) is 3.29. The van der Waals surface area contributed by atoms with Gasteiger partial charge in [0.1, 0.15) is 0 Å². The number of alkyl halides is 3. The quantitative estimate of drug-likeness (QED) is 0.859. The molecule has 2 heterocycles. The van der Waals surface area contributed by atoms with Gasteiger partial charge in [0.15, 0.2) is 0 Å². The Bertz CT molecular complexity index is 862. The van der Waals surface area contributed by atoms with Crippen LogP contribution in [0.3, 0.4) is 0 Å². The number of nitrogens with one attached hydrogen (secondary N) is 1. The molecule has 3 rings (SSSR count). The summed E-state index contributed by atoms with van der Waals surface area (Å²) in [6.07, 6.45) is -2.12. The molecule has 0 saturated heterocycles. The number of pyridine rings is 1. The SMILES string of the molecule is CC(C)c1ccc(C(=O)Nc2cnc3c(c2)CN(C)CC3)cc1C(F)(F)F. The third kappa shape index (κ3) is 4.30. The Hall–Kier alpha value is -2.41. The molecule has 1 amide bonds. The highest BCUT2D eigenvalue weighted by atomic mass is 19.4. The van der Waals surface area contributed by atoms with E-state index in [1.165, 1.54) is 12.1 Å². The van der Waals surface area contributed by atoms with E-state index in [4.69, 9.17) is 0 Å². The molecule has 27 heavy (non-hydrogen) atoms. The van der Waals surface area contributed by atoms with Crippen molar-refractivity contribution >= 4 is 11.6 Å². The van der Waals surface area contributed by atoms with E-state index in [1.54, 1.807) is 20.0 Å². The second-order valence-electron chi connectivity index (χ2n) is 7.23. The summed E-state index contributed by atoms with van der Waals surface area (Å²) in [4.78, 5) is 19.0. The zero-order valence-corrected chi connectivity index (χ0v) is 15.5. The molecular weight excluding hydrogens is 355 g/mol. The summed E-state index contributed by atoms with van der Waals surface area (Å²) in [5.41, 5.74) is 1.88. The van der Waals surface area contributed by atoms with Crippen LogP contribution in [0.15, 0.2) is 30.5 Å². The van der Waals surface area contributed by atoms with Crippen molar-refractivity contribution in [1.82, 2.24) is 9.88 Å². The molecule has 7 heteroatoms. The van der Waals surface area contributed by atoms with E-state index in [2.05, 4.69) is 15.2 Å². The summed E-state index contributed by atoms with van der Waals surface area (Å²) < 4.78 is 40.1. The van der Waals surface area contributed by atoms with E-state index in [0.29, 0.717) is 5.69 Å². The molecule has 2 aromatic rings. The Kier molecular flexibility index (Phi) is 5.24. The van der Waals surface area contributed by atoms with Crippen molar-refractivity contribution in [3.63, 3.8) is 0 Å². The Morgan fingerprint density at radius 3 is 2.67 bits per heavy atom. The zero-order chi connectivity index (χ0) is 19.8. The van der Waals surface area contributed by atoms with Gasteiger partial charge in [-0.05, 0) is 42.3 Å². The number of fused-ring (bicyclic) bond motifs is 1. The number of nitrogens with zero attached hydrogens (tertiary/aromatic N) is 2. The van der Waals surface area contributed by atoms with E-state index in [1.807, 2.05) is 13.1 Å². The number of carbonyl (C=O) groups excluding carboxylic acids is 1. The number of anilines is 1. The molecule has 4 nitrogen and oxygen atoms in total. The number of carbonyl (C=O) groups is 1. The van der Waals surface area contributed by atoms with Crippen LogP contribution in [-0.2, 0) is 19.1 Å². The van der Waals surface area contributed by atoms with E-state index in [0.717, 1.165) is 36.8 Å². The molecule has 0 atom stereocenters. The molecule has 1 aliphatic rings. The number of rotatable bonds is 3. The van der Waals surface area contributed by atoms with Crippen molar-refractivity contribution in [3.05, 3.63) is 58.4 Å². The van der Waals surface area contributed by atoms with Crippen molar-refractivity contribution < 1.29 is 18.0 Å². The van der Waals surface area contributed by atoms with Crippen LogP contribution in [-0.4, -0.2) is 29.4 Å². The van der Waals surface area contributed by atoms with Crippen molar-refractivity contribution in [2.45, 2.75) is 38.9 Å². The predicted octanol–water partition coefficient (Wildman–Crippen LogP) is 4.46. The van der Waals surface area contributed by atoms with E-state index >= 15 is 0 Å². The maximum atomic E-state index is 13.4. The molecule has 0 bridgehead atoms. The van der Waals surface area contributed by atoms with Crippen LogP contribution >= 0.6 is 0 Å². The lowest BCUT2D eigenvalue weighted by atomic mass is 9.94. The summed E-state index contributed by atoms with van der Waals surface area (Å²) in [7, 11) is 2.00. The number of hydrogen-bond acceptors (Lipinski definition) is 3. The maximum Gasteiger partial charge on any atom is 0.416 e. The summed E-state index contributed by atoms with van der Waals surface area (Å²) in [6, 6.07) is 5.56. The second-order valence-corrected chi connectivity index (χ2v) is 7.23. The number of benzene rings is 1. The van der Waals surface area contributed by atoms with Crippen LogP contribution in [0.1, 0.15) is 52.5 Å². The van der Waals surface area contributed by atoms with Crippen LogP contribution in [0.2, 0.25) is 0 Å². The van der Waals surface area contributed by atoms with E-state index in [-0.39, 0.29) is 17.0 Å². The maximum absolute atomic E-state index is 13.4. The highest BCUT2D eigenvalue weighted by Crippen LogP contribution is 2.36. The smallest absolute Gasteiger partial charge is 0.321 e. The highest BCUT2D eigenvalue weighted by Gasteiger charge is 2.34. The molecular formula is C20H22F3N3O. The minimum atomic E-state index is -4.51. The van der Waals surface area contributed by atoms with Crippen LogP contribution < -0.4 is 5.32 Å². The fourth-order valence-electron chi connectivity index (χ4n) is 3.29. The molecule has 0 aliphatic carbocycles. The van der Waals surface area contributed by atoms with Gasteiger partial charge in [0, 0.05) is 30.8 Å². The fraction of sp³-hybridized carbons (Fsp3) is 0.400. The Morgan fingerprint density at radius 2 is 2.00 bits per heavy atom. The first-order valence-corrected chi connectivity index (χ1v) is 8.84. The predicted molar refractivity (Wildman–Crippen MR) is 97.8 cm³/mol. The third-order valence-corrected chi connectivity index (χ3v) is 4.73. The number of hydrogen-bond donors (Lipinski definition) is 1. The van der Waals surface area contributed by atoms with Crippen molar-refractivity contribution in [3.8, 4) is 0 Å². The van der Waals surface area contributed by atoms with Crippen LogP contribution in [0.25, 0.3) is 0 Å². The third-order valence-electron chi connectivity index (χ3n) is 4.73. The molecule has 0 unspecified atom stereocenters. The minimum Gasteiger partial charge on any atom is -0.321 e. The van der Waals surface area contributed by atoms with Gasteiger partial charge in [0.05, 0.1) is 17.4 Å². The average molecular weight is 377 g/mol. The van der Waals surface area contributed by atoms with Gasteiger partial charge in [-0.15, -0.1) is 0 Å². The Labute approximate surface area is 156 Å². The van der Waals surface area contributed by atoms with Crippen molar-refractivity contribution in [1.29, 1.82) is 0 Å². The summed E-state index contributed by atoms with van der Waals surface area (Å²) in [6.45, 7) is 5.04. The second kappa shape index (κ2) is 7.31. The monoisotopic (exact) mass is 377 g/mol. The zero-order valence-electron chi connectivity index (χ0n) is 15.5. The van der Waals surface area contributed by atoms with Gasteiger partial charge in [-0.25, -0.2) is 0 Å². The molecule has 1 N–H and O–H groups in total. The number of halogens is 3. The van der Waals surface area contributed by atoms with Gasteiger partial charge in [0.2, 0.25) is 0 Å². The molecule has 1 aromatic carbocycles. The lowest BCUT2D eigenvalue weighted by Gasteiger charge is -2.24. The summed E-state index contributed by atoms with van der Waals surface area (Å²) in [5, 5.41) is 2.66. The lowest BCUT2D eigenvalue weighted by Crippen LogP contribution is -2.27. The van der Waals surface area contributed by atoms with Gasteiger partial charge < -0.3 is 10.2 Å². The average Bonchev–Trinajstić information content (AvgIpc) is 2.60. The number of aromatic nitrogens is 1. The summed E-state index contributed by atoms with van der Waals surface area (Å²) in [5.74, 6) is -0.873. The van der Waals surface area contributed by atoms with Crippen LogP contribution in [0.4, 0.5) is 18.9 Å². The first-order chi connectivity index (χ1) is 12.6. The standard InChI is InChI=1S/C20H22F3N3O/c1-12(2)16-5-4-13(9-17(16)20(21,22)23)19(27)25-15-8-14-11-26(3)7-6-18(14)24-10-15/h4-5,8-10,12H,6-7,11H2,1-3H3,(H,25,27). The van der Waals surface area contributed by atoms with Crippen LogP contribution in [0, 0.1) is 0 Å². The van der Waals surface area contributed by atoms with E-state index in [9.17, 15) is 18.0 Å². The first kappa shape index (κ1) is 19.4. The van der Waals surface area contributed by atoms with Gasteiger partial charge >= 0.3 is 6.18 Å². The lowest BCUT2D eigenvalue weighted by molar-refractivity contribution is -0.138. The number of amides is 1. The van der Waals surface area contributed by atoms with Crippen molar-refractivity contribution in [2.75, 3.05) is 18.9 Å². The topological polar surface area (TPSA) is 45.2 Å². The molecule has 1 aliphatic heterocycles. The van der Waals surface area contributed by atoms with Gasteiger partial charge in [-0.3, -0.25) is 9.78 Å². The highest BCUT2D eigenvalue weighted by molar-refractivity contribution is 6.04. The normalized spacial score (nSPS) is 14.9. The molecule has 0 spiro atoms. The largest absolute Gasteiger partial charge is 0.416 e. The van der Waals surface area contributed by atoms with Gasteiger partial charge in [-0.2, -0.15) is 13.2 Å². The molecule has 1 aromatic heterocycles. The van der Waals surface area contributed by atoms with Crippen molar-refractivity contribution in [2.24, 2.45) is 0 Å².